The maximum Gasteiger partial charge on any atom is 0.152 e. The highest BCUT2D eigenvalue weighted by Gasteiger charge is 2.39. The number of nitrogens with one attached hydrogen (secondary N) is 1. The van der Waals surface area contributed by atoms with Gasteiger partial charge in [-0.2, -0.15) is 11.3 Å². The first-order chi connectivity index (χ1) is 14.1. The Balaban J connectivity index is 1.71. The number of carbonyl (C=O) groups excluding carboxylic acids is 1. The van der Waals surface area contributed by atoms with Crippen molar-refractivity contribution in [3.63, 3.8) is 0 Å². The molecule has 0 aliphatic carbocycles. The summed E-state index contributed by atoms with van der Waals surface area (Å²) >= 11 is 1.62. The highest BCUT2D eigenvalue weighted by Crippen LogP contribution is 2.46. The normalized spacial score (nSPS) is 17.8. The molecule has 1 atom stereocenters. The Kier molecular flexibility index (Phi) is 4.22. The van der Waals surface area contributed by atoms with E-state index in [4.69, 9.17) is 9.47 Å². The van der Waals surface area contributed by atoms with Gasteiger partial charge in [0.05, 0.1) is 18.5 Å². The Morgan fingerprint density at radius 3 is 2.83 bits per heavy atom. The SMILES string of the molecule is COc1cc2c(cc1-c1ccn(C)c1)C1=C(CO2)C(C(C)=O)NN1c1ccsc1. The van der Waals surface area contributed by atoms with Gasteiger partial charge in [-0.15, -0.1) is 0 Å². The topological polar surface area (TPSA) is 55.7 Å². The maximum atomic E-state index is 12.3. The molecule has 0 fully saturated rings. The molecule has 1 N–H and O–H groups in total. The summed E-state index contributed by atoms with van der Waals surface area (Å²) in [7, 11) is 3.66. The van der Waals surface area contributed by atoms with Gasteiger partial charge in [0.1, 0.15) is 24.1 Å². The van der Waals surface area contributed by atoms with Gasteiger partial charge in [0.15, 0.2) is 5.78 Å². The molecule has 1 aromatic carbocycles. The Labute approximate surface area is 172 Å². The van der Waals surface area contributed by atoms with Crippen LogP contribution >= 0.6 is 11.3 Å². The van der Waals surface area contributed by atoms with Gasteiger partial charge in [-0.1, -0.05) is 0 Å². The Morgan fingerprint density at radius 2 is 2.17 bits per heavy atom. The van der Waals surface area contributed by atoms with Gasteiger partial charge >= 0.3 is 0 Å². The molecule has 0 radical (unpaired) electrons. The number of fused-ring (bicyclic) bond motifs is 2. The van der Waals surface area contributed by atoms with E-state index >= 15 is 0 Å². The minimum absolute atomic E-state index is 0.0686. The van der Waals surface area contributed by atoms with Crippen molar-refractivity contribution in [3.05, 3.63) is 58.6 Å². The van der Waals surface area contributed by atoms with Crippen LogP contribution in [0, 0.1) is 0 Å². The molecule has 148 valence electrons. The first-order valence-electron chi connectivity index (χ1n) is 9.36. The van der Waals surface area contributed by atoms with E-state index in [0.717, 1.165) is 45.1 Å². The smallest absolute Gasteiger partial charge is 0.152 e. The third-order valence-corrected chi connectivity index (χ3v) is 6.06. The van der Waals surface area contributed by atoms with E-state index in [0.29, 0.717) is 6.61 Å². The lowest BCUT2D eigenvalue weighted by atomic mass is 9.94. The number of hydrogen-bond acceptors (Lipinski definition) is 6. The summed E-state index contributed by atoms with van der Waals surface area (Å²) in [5, 5.41) is 6.11. The van der Waals surface area contributed by atoms with Crippen LogP contribution in [-0.4, -0.2) is 30.1 Å². The number of anilines is 1. The first-order valence-corrected chi connectivity index (χ1v) is 10.3. The van der Waals surface area contributed by atoms with Crippen LogP contribution in [-0.2, 0) is 11.8 Å². The van der Waals surface area contributed by atoms with Crippen molar-refractivity contribution in [3.8, 4) is 22.6 Å². The van der Waals surface area contributed by atoms with Gasteiger partial charge in [-0.25, -0.2) is 5.43 Å². The third kappa shape index (κ3) is 2.85. The molecule has 1 unspecified atom stereocenters. The minimum Gasteiger partial charge on any atom is -0.496 e. The van der Waals surface area contributed by atoms with Crippen LogP contribution in [0.25, 0.3) is 16.8 Å². The van der Waals surface area contributed by atoms with E-state index in [1.54, 1.807) is 25.4 Å². The monoisotopic (exact) mass is 407 g/mol. The number of hydrogen-bond donors (Lipinski definition) is 1. The molecule has 4 heterocycles. The molecular formula is C22H21N3O3S. The molecule has 6 nitrogen and oxygen atoms in total. The fourth-order valence-corrected chi connectivity index (χ4v) is 4.62. The largest absolute Gasteiger partial charge is 0.496 e. The van der Waals surface area contributed by atoms with Crippen molar-refractivity contribution < 1.29 is 14.3 Å². The standard InChI is InChI=1S/C22H21N3O3S/c1-13(26)21-18-11-28-20-9-19(27-3)16(14-4-6-24(2)10-14)8-17(20)22(18)25(23-21)15-5-7-29-12-15/h4-10,12,21,23H,11H2,1-3H3. The molecule has 7 heteroatoms. The second-order valence-electron chi connectivity index (χ2n) is 7.27. The van der Waals surface area contributed by atoms with Crippen LogP contribution in [0.4, 0.5) is 5.69 Å². The van der Waals surface area contributed by atoms with Crippen molar-refractivity contribution in [1.29, 1.82) is 0 Å². The summed E-state index contributed by atoms with van der Waals surface area (Å²) < 4.78 is 13.7. The fourth-order valence-electron chi connectivity index (χ4n) is 4.00. The third-order valence-electron chi connectivity index (χ3n) is 5.39. The van der Waals surface area contributed by atoms with Gasteiger partial charge in [-0.05, 0) is 30.5 Å². The van der Waals surface area contributed by atoms with E-state index in [1.165, 1.54) is 0 Å². The summed E-state index contributed by atoms with van der Waals surface area (Å²) in [4.78, 5) is 12.3. The van der Waals surface area contributed by atoms with Crippen LogP contribution in [0.5, 0.6) is 11.5 Å². The number of aryl methyl sites for hydroxylation is 1. The molecule has 0 spiro atoms. The average Bonchev–Trinajstić information content (AvgIpc) is 3.45. The molecule has 0 saturated carbocycles. The number of hydrazine groups is 1. The van der Waals surface area contributed by atoms with Crippen LogP contribution in [0.3, 0.4) is 0 Å². The molecule has 2 aliphatic rings. The second kappa shape index (κ2) is 6.79. The van der Waals surface area contributed by atoms with Crippen LogP contribution in [0.1, 0.15) is 12.5 Å². The van der Waals surface area contributed by atoms with Gasteiger partial charge in [-0.3, -0.25) is 9.80 Å². The molecule has 2 aromatic heterocycles. The molecule has 3 aromatic rings. The highest BCUT2D eigenvalue weighted by molar-refractivity contribution is 7.08. The van der Waals surface area contributed by atoms with Crippen molar-refractivity contribution in [1.82, 2.24) is 9.99 Å². The first kappa shape index (κ1) is 18.0. The van der Waals surface area contributed by atoms with Crippen LogP contribution < -0.4 is 19.9 Å². The molecule has 29 heavy (non-hydrogen) atoms. The Hall–Kier alpha value is -3.03. The Morgan fingerprint density at radius 1 is 1.31 bits per heavy atom. The molecule has 0 bridgehead atoms. The molecule has 2 aliphatic heterocycles. The number of Topliss-reactive ketones (excluding diaryl/α,β-unsaturated/α-hetero) is 1. The zero-order valence-electron chi connectivity index (χ0n) is 16.4. The lowest BCUT2D eigenvalue weighted by Crippen LogP contribution is -2.41. The number of aromatic nitrogens is 1. The molecular weight excluding hydrogens is 386 g/mol. The number of ether oxygens (including phenoxy) is 2. The van der Waals surface area contributed by atoms with E-state index in [2.05, 4.69) is 29.1 Å². The number of ketones is 1. The van der Waals surface area contributed by atoms with Crippen molar-refractivity contribution in [2.75, 3.05) is 18.7 Å². The van der Waals surface area contributed by atoms with E-state index in [1.807, 2.05) is 40.3 Å². The number of methoxy groups -OCH3 is 1. The second-order valence-corrected chi connectivity index (χ2v) is 8.05. The van der Waals surface area contributed by atoms with Crippen molar-refractivity contribution in [2.45, 2.75) is 13.0 Å². The van der Waals surface area contributed by atoms with Gasteiger partial charge in [0.2, 0.25) is 0 Å². The number of nitrogens with zero attached hydrogens (tertiary/aromatic N) is 2. The minimum atomic E-state index is -0.389. The average molecular weight is 407 g/mol. The zero-order valence-corrected chi connectivity index (χ0v) is 17.2. The predicted molar refractivity (Wildman–Crippen MR) is 114 cm³/mol. The Bertz CT molecular complexity index is 1130. The van der Waals surface area contributed by atoms with Gasteiger partial charge in [0, 0.05) is 53.2 Å². The van der Waals surface area contributed by atoms with Crippen molar-refractivity contribution in [2.24, 2.45) is 7.05 Å². The zero-order chi connectivity index (χ0) is 20.1. The lowest BCUT2D eigenvalue weighted by Gasteiger charge is -2.26. The summed E-state index contributed by atoms with van der Waals surface area (Å²) in [6, 6.07) is 7.75. The van der Waals surface area contributed by atoms with Crippen LogP contribution in [0.15, 0.2) is 53.0 Å². The summed E-state index contributed by atoms with van der Waals surface area (Å²) in [6.07, 6.45) is 4.07. The lowest BCUT2D eigenvalue weighted by molar-refractivity contribution is -0.118. The maximum absolute atomic E-state index is 12.3. The summed E-state index contributed by atoms with van der Waals surface area (Å²) in [6.45, 7) is 1.98. The van der Waals surface area contributed by atoms with Gasteiger partial charge < -0.3 is 14.0 Å². The van der Waals surface area contributed by atoms with E-state index in [-0.39, 0.29) is 11.8 Å². The molecule has 0 amide bonds. The van der Waals surface area contributed by atoms with E-state index in [9.17, 15) is 4.79 Å². The molecule has 5 rings (SSSR count). The predicted octanol–water partition coefficient (Wildman–Crippen LogP) is 3.85. The van der Waals surface area contributed by atoms with Gasteiger partial charge in [0.25, 0.3) is 0 Å². The quantitative estimate of drug-likeness (QED) is 0.712. The number of benzene rings is 1. The number of thiophene rings is 1. The number of rotatable bonds is 4. The fraction of sp³-hybridized carbons (Fsp3) is 0.227. The van der Waals surface area contributed by atoms with Crippen LogP contribution in [0.2, 0.25) is 0 Å². The highest BCUT2D eigenvalue weighted by atomic mass is 32.1. The number of carbonyl (C=O) groups is 1. The summed E-state index contributed by atoms with van der Waals surface area (Å²) in [5.41, 5.74) is 9.33. The molecule has 0 saturated heterocycles. The van der Waals surface area contributed by atoms with E-state index < -0.39 is 0 Å². The van der Waals surface area contributed by atoms with Crippen molar-refractivity contribution >= 4 is 28.5 Å². The summed E-state index contributed by atoms with van der Waals surface area (Å²) in [5.74, 6) is 1.58.